The van der Waals surface area contributed by atoms with Crippen LogP contribution in [-0.2, 0) is 0 Å². The molecule has 4 rings (SSSR count). The highest BCUT2D eigenvalue weighted by Crippen LogP contribution is 2.31. The number of Topliss-reactive ketones (excluding diaryl/α,β-unsaturated/α-hetero) is 1. The molecule has 0 atom stereocenters. The number of ether oxygens (including phenoxy) is 2. The van der Waals surface area contributed by atoms with Crippen LogP contribution in [0.15, 0.2) is 66.5 Å². The molecule has 0 radical (unpaired) electrons. The summed E-state index contributed by atoms with van der Waals surface area (Å²) in [4.78, 5) is 12.7. The SMILES string of the molecule is COc1ccc2c(c1)C(=O)/C(=C/c1cnn(-c3ccccc3)c1)CO2. The molecule has 1 aliphatic heterocycles. The van der Waals surface area contributed by atoms with Crippen LogP contribution in [0.1, 0.15) is 15.9 Å². The van der Waals surface area contributed by atoms with Crippen LogP contribution in [0.25, 0.3) is 11.8 Å². The van der Waals surface area contributed by atoms with Gasteiger partial charge in [0.25, 0.3) is 0 Å². The first-order chi connectivity index (χ1) is 12.2. The van der Waals surface area contributed by atoms with E-state index in [1.807, 2.05) is 42.6 Å². The largest absolute Gasteiger partial charge is 0.497 e. The van der Waals surface area contributed by atoms with E-state index >= 15 is 0 Å². The highest BCUT2D eigenvalue weighted by molar-refractivity contribution is 6.14. The number of aromatic nitrogens is 2. The number of hydrogen-bond donors (Lipinski definition) is 0. The Labute approximate surface area is 145 Å². The van der Waals surface area contributed by atoms with E-state index in [0.29, 0.717) is 22.6 Å². The Bertz CT molecular complexity index is 958. The van der Waals surface area contributed by atoms with Crippen molar-refractivity contribution >= 4 is 11.9 Å². The van der Waals surface area contributed by atoms with Gasteiger partial charge in [0.15, 0.2) is 5.78 Å². The van der Waals surface area contributed by atoms with Gasteiger partial charge in [-0.1, -0.05) is 18.2 Å². The highest BCUT2D eigenvalue weighted by atomic mass is 16.5. The molecule has 2 aromatic carbocycles. The summed E-state index contributed by atoms with van der Waals surface area (Å²) in [6.45, 7) is 0.245. The van der Waals surface area contributed by atoms with Crippen LogP contribution in [0, 0.1) is 0 Å². The van der Waals surface area contributed by atoms with Gasteiger partial charge in [0, 0.05) is 17.3 Å². The molecule has 124 valence electrons. The fraction of sp³-hybridized carbons (Fsp3) is 0.100. The fourth-order valence-electron chi connectivity index (χ4n) is 2.77. The summed E-state index contributed by atoms with van der Waals surface area (Å²) in [5, 5.41) is 4.35. The van der Waals surface area contributed by atoms with Gasteiger partial charge >= 0.3 is 0 Å². The van der Waals surface area contributed by atoms with Gasteiger partial charge in [-0.15, -0.1) is 0 Å². The average Bonchev–Trinajstić information content (AvgIpc) is 3.13. The third-order valence-electron chi connectivity index (χ3n) is 4.07. The Morgan fingerprint density at radius 2 is 2.04 bits per heavy atom. The van der Waals surface area contributed by atoms with E-state index in [-0.39, 0.29) is 12.4 Å². The first-order valence-corrected chi connectivity index (χ1v) is 7.91. The molecule has 0 saturated heterocycles. The molecule has 0 unspecified atom stereocenters. The molecule has 0 bridgehead atoms. The van der Waals surface area contributed by atoms with Crippen LogP contribution < -0.4 is 9.47 Å². The minimum absolute atomic E-state index is 0.0485. The molecule has 0 N–H and O–H groups in total. The van der Waals surface area contributed by atoms with Crippen molar-refractivity contribution in [2.24, 2.45) is 0 Å². The van der Waals surface area contributed by atoms with Gasteiger partial charge < -0.3 is 9.47 Å². The number of hydrogen-bond acceptors (Lipinski definition) is 4. The molecular weight excluding hydrogens is 316 g/mol. The number of methoxy groups -OCH3 is 1. The smallest absolute Gasteiger partial charge is 0.196 e. The second kappa shape index (κ2) is 6.28. The van der Waals surface area contributed by atoms with Gasteiger partial charge in [0.05, 0.1) is 24.6 Å². The van der Waals surface area contributed by atoms with Crippen LogP contribution >= 0.6 is 0 Å². The monoisotopic (exact) mass is 332 g/mol. The lowest BCUT2D eigenvalue weighted by Crippen LogP contribution is -2.19. The summed E-state index contributed by atoms with van der Waals surface area (Å²) >= 11 is 0. The van der Waals surface area contributed by atoms with E-state index in [0.717, 1.165) is 11.3 Å². The lowest BCUT2D eigenvalue weighted by molar-refractivity contribution is 0.100. The summed E-state index contributed by atoms with van der Waals surface area (Å²) in [5.41, 5.74) is 2.93. The van der Waals surface area contributed by atoms with Gasteiger partial charge in [-0.2, -0.15) is 5.10 Å². The maximum atomic E-state index is 12.7. The van der Waals surface area contributed by atoms with Gasteiger partial charge in [-0.3, -0.25) is 4.79 Å². The van der Waals surface area contributed by atoms with Crippen LogP contribution in [-0.4, -0.2) is 29.3 Å². The summed E-state index contributed by atoms with van der Waals surface area (Å²) in [7, 11) is 1.57. The Morgan fingerprint density at radius 3 is 2.84 bits per heavy atom. The molecule has 2 heterocycles. The first kappa shape index (κ1) is 15.2. The van der Waals surface area contributed by atoms with Gasteiger partial charge in [0.1, 0.15) is 18.1 Å². The lowest BCUT2D eigenvalue weighted by atomic mass is 9.99. The highest BCUT2D eigenvalue weighted by Gasteiger charge is 2.24. The molecule has 0 saturated carbocycles. The lowest BCUT2D eigenvalue weighted by Gasteiger charge is -2.19. The molecule has 0 spiro atoms. The zero-order chi connectivity index (χ0) is 17.2. The molecule has 0 amide bonds. The minimum atomic E-state index is -0.0485. The molecule has 0 aliphatic carbocycles. The molecule has 25 heavy (non-hydrogen) atoms. The van der Waals surface area contributed by atoms with Crippen LogP contribution in [0.3, 0.4) is 0 Å². The zero-order valence-corrected chi connectivity index (χ0v) is 13.7. The van der Waals surface area contributed by atoms with Crippen molar-refractivity contribution in [3.63, 3.8) is 0 Å². The second-order valence-corrected chi connectivity index (χ2v) is 5.70. The van der Waals surface area contributed by atoms with E-state index in [2.05, 4.69) is 5.10 Å². The molecule has 5 heteroatoms. The summed E-state index contributed by atoms with van der Waals surface area (Å²) < 4.78 is 12.7. The van der Waals surface area contributed by atoms with Gasteiger partial charge in [-0.05, 0) is 36.4 Å². The Balaban J connectivity index is 1.64. The fourth-order valence-corrected chi connectivity index (χ4v) is 2.77. The molecule has 5 nitrogen and oxygen atoms in total. The third-order valence-corrected chi connectivity index (χ3v) is 4.07. The molecule has 1 aromatic heterocycles. The van der Waals surface area contributed by atoms with Crippen molar-refractivity contribution in [1.29, 1.82) is 0 Å². The predicted molar refractivity (Wildman–Crippen MR) is 94.4 cm³/mol. The molecular formula is C20H16N2O3. The van der Waals surface area contributed by atoms with Crippen molar-refractivity contribution in [2.75, 3.05) is 13.7 Å². The summed E-state index contributed by atoms with van der Waals surface area (Å²) in [6, 6.07) is 15.1. The predicted octanol–water partition coefficient (Wildman–Crippen LogP) is 3.54. The van der Waals surface area contributed by atoms with E-state index in [1.165, 1.54) is 0 Å². The van der Waals surface area contributed by atoms with Crippen molar-refractivity contribution in [3.05, 3.63) is 77.6 Å². The quantitative estimate of drug-likeness (QED) is 0.689. The van der Waals surface area contributed by atoms with E-state index in [9.17, 15) is 4.79 Å². The summed E-state index contributed by atoms with van der Waals surface area (Å²) in [5.74, 6) is 1.17. The van der Waals surface area contributed by atoms with Crippen molar-refractivity contribution < 1.29 is 14.3 Å². The number of ketones is 1. The maximum absolute atomic E-state index is 12.7. The van der Waals surface area contributed by atoms with E-state index < -0.39 is 0 Å². The number of fused-ring (bicyclic) bond motifs is 1. The number of carbonyl (C=O) groups excluding carboxylic acids is 1. The number of carbonyl (C=O) groups is 1. The topological polar surface area (TPSA) is 53.3 Å². The number of rotatable bonds is 3. The Kier molecular flexibility index (Phi) is 3.82. The van der Waals surface area contributed by atoms with E-state index in [1.54, 1.807) is 36.2 Å². The van der Waals surface area contributed by atoms with Crippen molar-refractivity contribution in [3.8, 4) is 17.2 Å². The first-order valence-electron chi connectivity index (χ1n) is 7.91. The molecule has 1 aliphatic rings. The molecule has 3 aromatic rings. The average molecular weight is 332 g/mol. The third kappa shape index (κ3) is 2.92. The number of nitrogens with zero attached hydrogens (tertiary/aromatic N) is 2. The summed E-state index contributed by atoms with van der Waals surface area (Å²) in [6.07, 6.45) is 5.43. The van der Waals surface area contributed by atoms with Crippen LogP contribution in [0.2, 0.25) is 0 Å². The van der Waals surface area contributed by atoms with Crippen molar-refractivity contribution in [1.82, 2.24) is 9.78 Å². The second-order valence-electron chi connectivity index (χ2n) is 5.70. The van der Waals surface area contributed by atoms with Crippen LogP contribution in [0.4, 0.5) is 0 Å². The minimum Gasteiger partial charge on any atom is -0.497 e. The number of para-hydroxylation sites is 1. The maximum Gasteiger partial charge on any atom is 0.196 e. The molecule has 0 fully saturated rings. The number of benzene rings is 2. The Hall–Kier alpha value is -3.34. The van der Waals surface area contributed by atoms with Gasteiger partial charge in [-0.25, -0.2) is 4.68 Å². The van der Waals surface area contributed by atoms with E-state index in [4.69, 9.17) is 9.47 Å². The zero-order valence-electron chi connectivity index (χ0n) is 13.7. The standard InChI is InChI=1S/C20H16N2O3/c1-24-17-7-8-19-18(10-17)20(23)15(13-25-19)9-14-11-21-22(12-14)16-5-3-2-4-6-16/h2-12H,13H2,1H3/b15-9+. The van der Waals surface area contributed by atoms with Crippen LogP contribution in [0.5, 0.6) is 11.5 Å². The normalized spacial score (nSPS) is 14.9. The van der Waals surface area contributed by atoms with Crippen molar-refractivity contribution in [2.45, 2.75) is 0 Å². The van der Waals surface area contributed by atoms with Gasteiger partial charge in [0.2, 0.25) is 0 Å². The Morgan fingerprint density at radius 1 is 1.20 bits per heavy atom.